The second-order valence-corrected chi connectivity index (χ2v) is 14.8. The highest BCUT2D eigenvalue weighted by molar-refractivity contribution is 5.86. The van der Waals surface area contributed by atoms with Crippen LogP contribution < -0.4 is 4.90 Å². The molecule has 0 heterocycles. The first-order valence-electron chi connectivity index (χ1n) is 19.2. The van der Waals surface area contributed by atoms with Crippen molar-refractivity contribution in [2.45, 2.75) is 24.2 Å². The Kier molecular flexibility index (Phi) is 8.07. The Morgan fingerprint density at radius 2 is 0.815 bits per heavy atom. The van der Waals surface area contributed by atoms with Gasteiger partial charge >= 0.3 is 0 Å². The molecule has 0 saturated carbocycles. The monoisotopic (exact) mass is 691 g/mol. The van der Waals surface area contributed by atoms with Gasteiger partial charge in [-0.2, -0.15) is 0 Å². The van der Waals surface area contributed by atoms with Gasteiger partial charge in [-0.25, -0.2) is 0 Å². The topological polar surface area (TPSA) is 3.24 Å². The Bertz CT molecular complexity index is 2570. The number of rotatable bonds is 7. The molecular formula is C53H41N. The molecule has 0 radical (unpaired) electrons. The smallest absolute Gasteiger partial charge is 0.0491 e. The van der Waals surface area contributed by atoms with Crippen LogP contribution in [0.1, 0.15) is 41.0 Å². The number of hydrogen-bond donors (Lipinski definition) is 0. The summed E-state index contributed by atoms with van der Waals surface area (Å²) in [7, 11) is 0. The Balaban J connectivity index is 1.14. The van der Waals surface area contributed by atoms with Crippen LogP contribution in [0.5, 0.6) is 0 Å². The van der Waals surface area contributed by atoms with Gasteiger partial charge < -0.3 is 4.90 Å². The third kappa shape index (κ3) is 5.39. The van der Waals surface area contributed by atoms with E-state index in [4.69, 9.17) is 0 Å². The number of fused-ring (bicyclic) bond motifs is 4. The molecule has 1 heteroatoms. The highest BCUT2D eigenvalue weighted by atomic mass is 15.1. The summed E-state index contributed by atoms with van der Waals surface area (Å²) in [5, 5.41) is 2.63. The predicted octanol–water partition coefficient (Wildman–Crippen LogP) is 14.0. The molecule has 258 valence electrons. The first-order valence-corrected chi connectivity index (χ1v) is 19.2. The molecule has 8 aromatic carbocycles. The largest absolute Gasteiger partial charge is 0.311 e. The summed E-state index contributed by atoms with van der Waals surface area (Å²) in [5.41, 5.74) is 13.7. The maximum absolute atomic E-state index is 2.52. The van der Waals surface area contributed by atoms with Crippen molar-refractivity contribution in [2.75, 3.05) is 4.90 Å². The molecule has 0 N–H and O–H groups in total. The molecule has 0 bridgehead atoms. The second kappa shape index (κ2) is 13.5. The van der Waals surface area contributed by atoms with Gasteiger partial charge in [-0.15, -0.1) is 0 Å². The van der Waals surface area contributed by atoms with Crippen LogP contribution in [0.4, 0.5) is 17.1 Å². The molecule has 0 saturated heterocycles. The molecule has 8 aromatic rings. The number of benzene rings is 8. The number of hydrogen-bond acceptors (Lipinski definition) is 1. The highest BCUT2D eigenvalue weighted by Gasteiger charge is 2.54. The van der Waals surface area contributed by atoms with Gasteiger partial charge in [0.05, 0.1) is 0 Å². The standard InChI is InChI=1S/C53H41N/c1-4-14-38(15-5-1)40-24-28-44(29-25-40)53(51-23-13-12-22-49(51)50-36-42-18-10-11-19-43(42)37-52(50)53)45-30-34-48(35-31-45)54(46-20-8-3-9-21-46)47-32-26-41(27-33-47)39-16-6-2-7-17-39/h1-21,24-37,49,51H,22-23H2. The van der Waals surface area contributed by atoms with Gasteiger partial charge in [-0.3, -0.25) is 0 Å². The maximum Gasteiger partial charge on any atom is 0.0491 e. The second-order valence-electron chi connectivity index (χ2n) is 14.8. The molecular weight excluding hydrogens is 651 g/mol. The van der Waals surface area contributed by atoms with Crippen molar-refractivity contribution < 1.29 is 0 Å². The third-order valence-electron chi connectivity index (χ3n) is 12.0. The first-order chi connectivity index (χ1) is 26.8. The molecule has 2 aliphatic rings. The van der Waals surface area contributed by atoms with E-state index in [-0.39, 0.29) is 5.41 Å². The predicted molar refractivity (Wildman–Crippen MR) is 227 cm³/mol. The number of anilines is 3. The van der Waals surface area contributed by atoms with Gasteiger partial charge in [0.15, 0.2) is 0 Å². The van der Waals surface area contributed by atoms with Crippen molar-refractivity contribution in [2.24, 2.45) is 5.92 Å². The number of para-hydroxylation sites is 1. The third-order valence-corrected chi connectivity index (χ3v) is 12.0. The van der Waals surface area contributed by atoms with Crippen LogP contribution in [0.15, 0.2) is 212 Å². The van der Waals surface area contributed by atoms with Gasteiger partial charge in [-0.1, -0.05) is 170 Å². The quantitative estimate of drug-likeness (QED) is 0.150. The fourth-order valence-corrected chi connectivity index (χ4v) is 9.54. The molecule has 0 spiro atoms. The summed E-state index contributed by atoms with van der Waals surface area (Å²) >= 11 is 0. The van der Waals surface area contributed by atoms with Crippen molar-refractivity contribution in [3.8, 4) is 22.3 Å². The molecule has 0 fully saturated rings. The zero-order chi connectivity index (χ0) is 35.9. The zero-order valence-electron chi connectivity index (χ0n) is 30.2. The summed E-state index contributed by atoms with van der Waals surface area (Å²) in [6.45, 7) is 0. The van der Waals surface area contributed by atoms with E-state index in [1.54, 1.807) is 0 Å². The average molecular weight is 692 g/mol. The van der Waals surface area contributed by atoms with Gasteiger partial charge in [0.25, 0.3) is 0 Å². The van der Waals surface area contributed by atoms with E-state index < -0.39 is 0 Å². The van der Waals surface area contributed by atoms with Crippen molar-refractivity contribution in [3.05, 3.63) is 235 Å². The van der Waals surface area contributed by atoms with Gasteiger partial charge in [-0.05, 0) is 122 Å². The normalized spacial score (nSPS) is 18.6. The summed E-state index contributed by atoms with van der Waals surface area (Å²) in [5.74, 6) is 0.852. The molecule has 0 aliphatic heterocycles. The average Bonchev–Trinajstić information content (AvgIpc) is 3.54. The van der Waals surface area contributed by atoms with Crippen molar-refractivity contribution in [1.29, 1.82) is 0 Å². The molecule has 54 heavy (non-hydrogen) atoms. The Morgan fingerprint density at radius 1 is 0.389 bits per heavy atom. The van der Waals surface area contributed by atoms with Crippen LogP contribution in [0.2, 0.25) is 0 Å². The van der Waals surface area contributed by atoms with E-state index in [1.165, 1.54) is 55.3 Å². The van der Waals surface area contributed by atoms with E-state index in [9.17, 15) is 0 Å². The van der Waals surface area contributed by atoms with Crippen LogP contribution in [-0.2, 0) is 5.41 Å². The first kappa shape index (κ1) is 32.2. The van der Waals surface area contributed by atoms with Crippen molar-refractivity contribution in [1.82, 2.24) is 0 Å². The lowest BCUT2D eigenvalue weighted by atomic mass is 9.61. The summed E-state index contributed by atoms with van der Waals surface area (Å²) < 4.78 is 0. The summed E-state index contributed by atoms with van der Waals surface area (Å²) in [6, 6.07) is 74.0. The highest BCUT2D eigenvalue weighted by Crippen LogP contribution is 2.62. The fourth-order valence-electron chi connectivity index (χ4n) is 9.54. The van der Waals surface area contributed by atoms with E-state index in [0.717, 1.165) is 29.9 Å². The van der Waals surface area contributed by atoms with E-state index in [0.29, 0.717) is 11.8 Å². The SMILES string of the molecule is C1=CCC2C(C1)c1cc3ccccc3cc1C2(c1ccc(-c2ccccc2)cc1)c1ccc(N(c2ccccc2)c2ccc(-c3ccccc3)cc2)cc1. The molecule has 3 unspecified atom stereocenters. The minimum atomic E-state index is -0.308. The van der Waals surface area contributed by atoms with E-state index >= 15 is 0 Å². The Hall–Kier alpha value is -6.44. The summed E-state index contributed by atoms with van der Waals surface area (Å²) in [6.07, 6.45) is 6.96. The lowest BCUT2D eigenvalue weighted by Gasteiger charge is -2.41. The maximum atomic E-state index is 2.52. The number of allylic oxidation sites excluding steroid dienone is 2. The zero-order valence-corrected chi connectivity index (χ0v) is 30.2. The van der Waals surface area contributed by atoms with Crippen LogP contribution in [-0.4, -0.2) is 0 Å². The van der Waals surface area contributed by atoms with Crippen LogP contribution in [0.3, 0.4) is 0 Å². The molecule has 3 atom stereocenters. The van der Waals surface area contributed by atoms with Crippen molar-refractivity contribution >= 4 is 27.8 Å². The fraction of sp³-hybridized carbons (Fsp3) is 0.0943. The molecule has 10 rings (SSSR count). The molecule has 0 aromatic heterocycles. The molecule has 1 nitrogen and oxygen atoms in total. The minimum absolute atomic E-state index is 0.308. The lowest BCUT2D eigenvalue weighted by molar-refractivity contribution is 0.340. The van der Waals surface area contributed by atoms with Gasteiger partial charge in [0, 0.05) is 22.5 Å². The minimum Gasteiger partial charge on any atom is -0.311 e. The van der Waals surface area contributed by atoms with Gasteiger partial charge in [0.1, 0.15) is 0 Å². The van der Waals surface area contributed by atoms with Crippen molar-refractivity contribution in [3.63, 3.8) is 0 Å². The van der Waals surface area contributed by atoms with E-state index in [1.807, 2.05) is 0 Å². The summed E-state index contributed by atoms with van der Waals surface area (Å²) in [4.78, 5) is 2.38. The lowest BCUT2D eigenvalue weighted by Crippen LogP contribution is -2.36. The van der Waals surface area contributed by atoms with Gasteiger partial charge in [0.2, 0.25) is 0 Å². The number of nitrogens with zero attached hydrogens (tertiary/aromatic N) is 1. The van der Waals surface area contributed by atoms with Crippen LogP contribution in [0, 0.1) is 5.92 Å². The molecule has 2 aliphatic carbocycles. The van der Waals surface area contributed by atoms with Crippen LogP contribution in [0.25, 0.3) is 33.0 Å². The van der Waals surface area contributed by atoms with Crippen LogP contribution >= 0.6 is 0 Å². The Morgan fingerprint density at radius 3 is 1.41 bits per heavy atom. The molecule has 0 amide bonds. The van der Waals surface area contributed by atoms with E-state index in [2.05, 4.69) is 217 Å². The Labute approximate surface area is 318 Å².